The molecule has 0 bridgehead atoms. The second kappa shape index (κ2) is 12.3. The van der Waals surface area contributed by atoms with Crippen LogP contribution in [0.4, 0.5) is 10.5 Å². The van der Waals surface area contributed by atoms with Gasteiger partial charge < -0.3 is 41.2 Å². The molecule has 34 heavy (non-hydrogen) atoms. The highest BCUT2D eigenvalue weighted by molar-refractivity contribution is 5.97. The second-order valence-corrected chi connectivity index (χ2v) is 8.10. The van der Waals surface area contributed by atoms with Crippen molar-refractivity contribution in [2.75, 3.05) is 44.2 Å². The predicted molar refractivity (Wildman–Crippen MR) is 122 cm³/mol. The number of carbonyl (C=O) groups is 4. The van der Waals surface area contributed by atoms with Crippen LogP contribution in [0.1, 0.15) is 19.4 Å². The van der Waals surface area contributed by atoms with Gasteiger partial charge in [-0.1, -0.05) is 19.0 Å². The number of anilines is 1. The first-order chi connectivity index (χ1) is 16.1. The van der Waals surface area contributed by atoms with E-state index in [0.717, 1.165) is 5.69 Å². The number of nitrogens with two attached hydrogens (primary N) is 1. The minimum atomic E-state index is -1.37. The zero-order valence-corrected chi connectivity index (χ0v) is 19.1. The monoisotopic (exact) mass is 478 g/mol. The molecule has 0 aromatic heterocycles. The fourth-order valence-corrected chi connectivity index (χ4v) is 3.07. The molecule has 6 N–H and O–H groups in total. The minimum Gasteiger partial charge on any atom is -0.480 e. The lowest BCUT2D eigenvalue weighted by Gasteiger charge is -2.35. The van der Waals surface area contributed by atoms with Gasteiger partial charge in [0.05, 0.1) is 19.7 Å². The van der Waals surface area contributed by atoms with Crippen molar-refractivity contribution in [3.05, 3.63) is 29.8 Å². The van der Waals surface area contributed by atoms with E-state index in [9.17, 15) is 24.3 Å². The van der Waals surface area contributed by atoms with E-state index in [4.69, 9.17) is 15.7 Å². The molecule has 186 valence electrons. The molecular formula is C21H30N6O7. The molecule has 0 unspecified atom stereocenters. The minimum absolute atomic E-state index is 0.0220. The van der Waals surface area contributed by atoms with E-state index < -0.39 is 24.0 Å². The average molecular weight is 479 g/mol. The molecule has 1 aromatic carbocycles. The van der Waals surface area contributed by atoms with Crippen molar-refractivity contribution in [2.24, 2.45) is 16.8 Å². The fraction of sp³-hybridized carbons (Fsp3) is 0.476. The van der Waals surface area contributed by atoms with Crippen LogP contribution in [-0.2, 0) is 19.1 Å². The van der Waals surface area contributed by atoms with Gasteiger partial charge in [0.1, 0.15) is 6.04 Å². The Labute approximate surface area is 196 Å². The number of amidine groups is 1. The van der Waals surface area contributed by atoms with Gasteiger partial charge in [0.2, 0.25) is 11.8 Å². The van der Waals surface area contributed by atoms with E-state index in [1.807, 2.05) is 18.7 Å². The molecule has 3 amide bonds. The van der Waals surface area contributed by atoms with Crippen molar-refractivity contribution in [2.45, 2.75) is 19.9 Å². The molecule has 13 heteroatoms. The van der Waals surface area contributed by atoms with Crippen LogP contribution < -0.4 is 21.3 Å². The van der Waals surface area contributed by atoms with Crippen molar-refractivity contribution in [1.82, 2.24) is 15.5 Å². The lowest BCUT2D eigenvalue weighted by atomic mass is 10.1. The van der Waals surface area contributed by atoms with Gasteiger partial charge >= 0.3 is 12.1 Å². The summed E-state index contributed by atoms with van der Waals surface area (Å²) in [4.78, 5) is 51.0. The lowest BCUT2D eigenvalue weighted by Crippen LogP contribution is -2.54. The standard InChI is InChI=1S/C21H30N6O7/c1-13(2)12-34-21(32)24-16(20(30)31)9-23-17(28)10-27-8-7-26(11-18(27)29)15-5-3-14(4-6-15)19(22)25-33/h3-6,13,16,33H,7-12H2,1-2H3,(H2,22,25)(H,23,28)(H,24,32)(H,30,31)/t16-/m0/s1. The maximum atomic E-state index is 12.5. The Bertz CT molecular complexity index is 919. The molecule has 0 saturated carbocycles. The lowest BCUT2D eigenvalue weighted by molar-refractivity contribution is -0.140. The summed E-state index contributed by atoms with van der Waals surface area (Å²) in [6, 6.07) is 5.45. The molecule has 0 aliphatic carbocycles. The van der Waals surface area contributed by atoms with Crippen LogP contribution >= 0.6 is 0 Å². The normalized spacial score (nSPS) is 15.1. The van der Waals surface area contributed by atoms with Gasteiger partial charge in [-0.3, -0.25) is 9.59 Å². The number of hydrogen-bond acceptors (Lipinski definition) is 8. The molecule has 1 heterocycles. The van der Waals surface area contributed by atoms with E-state index in [-0.39, 0.29) is 50.4 Å². The summed E-state index contributed by atoms with van der Waals surface area (Å²) >= 11 is 0. The highest BCUT2D eigenvalue weighted by Gasteiger charge is 2.27. The van der Waals surface area contributed by atoms with Crippen LogP contribution in [-0.4, -0.2) is 90.3 Å². The summed E-state index contributed by atoms with van der Waals surface area (Å²) in [5.74, 6) is -2.08. The number of nitrogens with one attached hydrogen (secondary N) is 2. The predicted octanol–water partition coefficient (Wildman–Crippen LogP) is -0.619. The highest BCUT2D eigenvalue weighted by atomic mass is 16.5. The number of aliphatic carboxylic acids is 1. The van der Waals surface area contributed by atoms with Gasteiger partial charge in [0.25, 0.3) is 0 Å². The quantitative estimate of drug-likeness (QED) is 0.126. The van der Waals surface area contributed by atoms with E-state index in [1.54, 1.807) is 24.3 Å². The smallest absolute Gasteiger partial charge is 0.407 e. The Morgan fingerprint density at radius 3 is 2.44 bits per heavy atom. The number of oxime groups is 1. The molecule has 0 spiro atoms. The Kier molecular flexibility index (Phi) is 9.47. The van der Waals surface area contributed by atoms with Gasteiger partial charge in [-0.15, -0.1) is 0 Å². The number of alkyl carbamates (subject to hydrolysis) is 1. The van der Waals surface area contributed by atoms with Crippen LogP contribution in [0.25, 0.3) is 0 Å². The maximum Gasteiger partial charge on any atom is 0.407 e. The van der Waals surface area contributed by atoms with Crippen molar-refractivity contribution in [1.29, 1.82) is 0 Å². The number of carboxylic acids is 1. The van der Waals surface area contributed by atoms with Gasteiger partial charge in [-0.25, -0.2) is 9.59 Å². The molecule has 1 aliphatic rings. The summed E-state index contributed by atoms with van der Waals surface area (Å²) in [6.45, 7) is 4.03. The molecule has 1 atom stereocenters. The zero-order chi connectivity index (χ0) is 25.3. The number of carboxylic acid groups (broad SMARTS) is 1. The summed E-state index contributed by atoms with van der Waals surface area (Å²) in [7, 11) is 0. The third-order valence-corrected chi connectivity index (χ3v) is 4.93. The summed E-state index contributed by atoms with van der Waals surface area (Å²) in [5, 5.41) is 25.5. The average Bonchev–Trinajstić information content (AvgIpc) is 2.81. The molecule has 1 fully saturated rings. The first-order valence-corrected chi connectivity index (χ1v) is 10.6. The molecular weight excluding hydrogens is 448 g/mol. The first-order valence-electron chi connectivity index (χ1n) is 10.6. The van der Waals surface area contributed by atoms with Crippen LogP contribution in [0.3, 0.4) is 0 Å². The Balaban J connectivity index is 1.82. The van der Waals surface area contributed by atoms with Crippen molar-refractivity contribution < 1.29 is 34.2 Å². The molecule has 0 radical (unpaired) electrons. The summed E-state index contributed by atoms with van der Waals surface area (Å²) in [6.07, 6.45) is -0.888. The SMILES string of the molecule is CC(C)COC(=O)N[C@@H](CNC(=O)CN1CCN(c2ccc(C(N)=NO)cc2)CC1=O)C(=O)O. The largest absolute Gasteiger partial charge is 0.480 e. The van der Waals surface area contributed by atoms with Crippen molar-refractivity contribution in [3.63, 3.8) is 0 Å². The topological polar surface area (TPSA) is 187 Å². The second-order valence-electron chi connectivity index (χ2n) is 8.10. The van der Waals surface area contributed by atoms with E-state index in [1.165, 1.54) is 4.90 Å². The summed E-state index contributed by atoms with van der Waals surface area (Å²) < 4.78 is 4.89. The van der Waals surface area contributed by atoms with Crippen LogP contribution in [0.15, 0.2) is 29.4 Å². The van der Waals surface area contributed by atoms with Gasteiger partial charge in [-0.2, -0.15) is 0 Å². The number of hydrogen-bond donors (Lipinski definition) is 5. The molecule has 1 saturated heterocycles. The third kappa shape index (κ3) is 7.83. The number of piperazine rings is 1. The van der Waals surface area contributed by atoms with E-state index in [0.29, 0.717) is 12.1 Å². The van der Waals surface area contributed by atoms with Gasteiger partial charge in [0.15, 0.2) is 5.84 Å². The molecule has 2 rings (SSSR count). The Hall–Kier alpha value is -4.03. The van der Waals surface area contributed by atoms with Gasteiger partial charge in [0, 0.05) is 30.9 Å². The Morgan fingerprint density at radius 1 is 1.21 bits per heavy atom. The fourth-order valence-electron chi connectivity index (χ4n) is 3.07. The number of nitrogens with zero attached hydrogens (tertiary/aromatic N) is 3. The number of benzene rings is 1. The summed E-state index contributed by atoms with van der Waals surface area (Å²) in [5.41, 5.74) is 6.85. The van der Waals surface area contributed by atoms with Crippen LogP contribution in [0, 0.1) is 5.92 Å². The zero-order valence-electron chi connectivity index (χ0n) is 19.1. The third-order valence-electron chi connectivity index (χ3n) is 4.93. The molecule has 13 nitrogen and oxygen atoms in total. The number of carbonyl (C=O) groups excluding carboxylic acids is 3. The van der Waals surface area contributed by atoms with Gasteiger partial charge in [-0.05, 0) is 30.2 Å². The maximum absolute atomic E-state index is 12.5. The Morgan fingerprint density at radius 2 is 1.88 bits per heavy atom. The van der Waals surface area contributed by atoms with Crippen LogP contribution in [0.5, 0.6) is 0 Å². The first kappa shape index (κ1) is 26.2. The van der Waals surface area contributed by atoms with E-state index in [2.05, 4.69) is 15.8 Å². The number of rotatable bonds is 10. The number of amides is 3. The van der Waals surface area contributed by atoms with Crippen LogP contribution in [0.2, 0.25) is 0 Å². The highest BCUT2D eigenvalue weighted by Crippen LogP contribution is 2.18. The molecule has 1 aliphatic heterocycles. The number of ether oxygens (including phenoxy) is 1. The van der Waals surface area contributed by atoms with E-state index >= 15 is 0 Å². The van der Waals surface area contributed by atoms with Crippen molar-refractivity contribution in [3.8, 4) is 0 Å². The van der Waals surface area contributed by atoms with Crippen molar-refractivity contribution >= 4 is 35.4 Å². The molecule has 1 aromatic rings.